The number of carbonyl (C=O) groups is 1. The molecule has 0 aliphatic rings. The molecule has 0 aliphatic heterocycles. The normalized spacial score (nSPS) is 10.2. The number of benzene rings is 2. The van der Waals surface area contributed by atoms with Crippen molar-refractivity contribution in [3.63, 3.8) is 0 Å². The van der Waals surface area contributed by atoms with Gasteiger partial charge in [-0.15, -0.1) is 0 Å². The Morgan fingerprint density at radius 1 is 1.08 bits per heavy atom. The Morgan fingerprint density at radius 3 is 2.72 bits per heavy atom. The molecule has 25 heavy (non-hydrogen) atoms. The number of aryl methyl sites for hydroxylation is 1. The molecule has 0 fully saturated rings. The molecule has 1 heterocycles. The van der Waals surface area contributed by atoms with Crippen LogP contribution in [0, 0.1) is 18.8 Å². The van der Waals surface area contributed by atoms with Crippen LogP contribution in [-0.4, -0.2) is 17.6 Å². The molecule has 2 aromatic carbocycles. The third kappa shape index (κ3) is 4.05. The summed E-state index contributed by atoms with van der Waals surface area (Å²) in [7, 11) is 0. The molecule has 3 nitrogen and oxygen atoms in total. The van der Waals surface area contributed by atoms with Crippen molar-refractivity contribution in [2.75, 3.05) is 6.61 Å². The molecule has 0 bridgehead atoms. The minimum atomic E-state index is -0.381. The van der Waals surface area contributed by atoms with Crippen LogP contribution in [0.4, 0.5) is 0 Å². The Hall–Kier alpha value is -3.12. The van der Waals surface area contributed by atoms with Crippen LogP contribution in [0.2, 0.25) is 0 Å². The quantitative estimate of drug-likeness (QED) is 0.524. The van der Waals surface area contributed by atoms with Gasteiger partial charge in [-0.1, -0.05) is 43.2 Å². The van der Waals surface area contributed by atoms with E-state index in [0.29, 0.717) is 17.9 Å². The number of esters is 1. The van der Waals surface area contributed by atoms with Crippen LogP contribution in [0.5, 0.6) is 0 Å². The maximum Gasteiger partial charge on any atom is 0.341 e. The highest BCUT2D eigenvalue weighted by atomic mass is 16.5. The molecule has 0 unspecified atom stereocenters. The maximum absolute atomic E-state index is 12.4. The standard InChI is InChI=1S/C22H19NO2/c1-3-13-25-22(24)19-15-18-9-4-5-10-20(18)23-21(19)12-11-17-8-6-7-16(2)14-17/h4-10,14-15H,3,13H2,1-2H3. The summed E-state index contributed by atoms with van der Waals surface area (Å²) in [6.07, 6.45) is 0.775. The Labute approximate surface area is 147 Å². The van der Waals surface area contributed by atoms with Crippen molar-refractivity contribution in [1.82, 2.24) is 4.98 Å². The second-order valence-electron chi connectivity index (χ2n) is 5.83. The first kappa shape index (κ1) is 16.7. The number of pyridine rings is 1. The predicted octanol–water partition coefficient (Wildman–Crippen LogP) is 4.51. The number of carbonyl (C=O) groups excluding carboxylic acids is 1. The lowest BCUT2D eigenvalue weighted by molar-refractivity contribution is 0.0504. The van der Waals surface area contributed by atoms with Gasteiger partial charge in [0.25, 0.3) is 0 Å². The van der Waals surface area contributed by atoms with Crippen LogP contribution in [0.15, 0.2) is 54.6 Å². The Balaban J connectivity index is 2.07. The fraction of sp³-hybridized carbons (Fsp3) is 0.182. The SMILES string of the molecule is CCCOC(=O)c1cc2ccccc2nc1C#Cc1cccc(C)c1. The van der Waals surface area contributed by atoms with Crippen molar-refractivity contribution in [1.29, 1.82) is 0 Å². The fourth-order valence-corrected chi connectivity index (χ4v) is 2.49. The van der Waals surface area contributed by atoms with Gasteiger partial charge in [-0.25, -0.2) is 9.78 Å². The van der Waals surface area contributed by atoms with E-state index in [9.17, 15) is 4.79 Å². The number of fused-ring (bicyclic) bond motifs is 1. The molecule has 0 radical (unpaired) electrons. The third-order valence-corrected chi connectivity index (χ3v) is 3.72. The van der Waals surface area contributed by atoms with Gasteiger partial charge in [0, 0.05) is 10.9 Å². The number of rotatable bonds is 3. The fourth-order valence-electron chi connectivity index (χ4n) is 2.49. The molecule has 0 N–H and O–H groups in total. The molecule has 1 aromatic heterocycles. The van der Waals surface area contributed by atoms with Gasteiger partial charge in [0.2, 0.25) is 0 Å². The number of ether oxygens (including phenoxy) is 1. The van der Waals surface area contributed by atoms with Gasteiger partial charge in [0.05, 0.1) is 17.7 Å². The van der Waals surface area contributed by atoms with Gasteiger partial charge < -0.3 is 4.74 Å². The van der Waals surface area contributed by atoms with Crippen molar-refractivity contribution in [2.45, 2.75) is 20.3 Å². The summed E-state index contributed by atoms with van der Waals surface area (Å²) in [5.41, 5.74) is 3.69. The van der Waals surface area contributed by atoms with Gasteiger partial charge >= 0.3 is 5.97 Å². The van der Waals surface area contributed by atoms with Crippen molar-refractivity contribution in [3.8, 4) is 11.8 Å². The van der Waals surface area contributed by atoms with Gasteiger partial charge in [-0.3, -0.25) is 0 Å². The summed E-state index contributed by atoms with van der Waals surface area (Å²) in [6.45, 7) is 4.37. The van der Waals surface area contributed by atoms with Crippen molar-refractivity contribution >= 4 is 16.9 Å². The molecular weight excluding hydrogens is 310 g/mol. The largest absolute Gasteiger partial charge is 0.462 e. The molecule has 3 rings (SSSR count). The molecule has 3 aromatic rings. The second kappa shape index (κ2) is 7.63. The van der Waals surface area contributed by atoms with E-state index in [2.05, 4.69) is 16.8 Å². The molecule has 0 atom stereocenters. The number of hydrogen-bond donors (Lipinski definition) is 0. The first-order chi connectivity index (χ1) is 12.2. The number of aromatic nitrogens is 1. The lowest BCUT2D eigenvalue weighted by Gasteiger charge is -2.07. The molecule has 0 spiro atoms. The molecule has 124 valence electrons. The maximum atomic E-state index is 12.4. The highest BCUT2D eigenvalue weighted by Gasteiger charge is 2.14. The van der Waals surface area contributed by atoms with E-state index >= 15 is 0 Å². The highest BCUT2D eigenvalue weighted by Crippen LogP contribution is 2.17. The van der Waals surface area contributed by atoms with E-state index in [1.54, 1.807) is 6.07 Å². The van der Waals surface area contributed by atoms with Crippen molar-refractivity contribution in [3.05, 3.63) is 77.0 Å². The summed E-state index contributed by atoms with van der Waals surface area (Å²) in [5, 5.41) is 0.895. The van der Waals surface area contributed by atoms with Gasteiger partial charge in [-0.2, -0.15) is 0 Å². The van der Waals surface area contributed by atoms with Gasteiger partial charge in [-0.05, 0) is 49.1 Å². The minimum absolute atomic E-state index is 0.381. The van der Waals surface area contributed by atoms with E-state index in [1.165, 1.54) is 0 Å². The van der Waals surface area contributed by atoms with E-state index in [4.69, 9.17) is 4.74 Å². The van der Waals surface area contributed by atoms with Crippen molar-refractivity contribution in [2.24, 2.45) is 0 Å². The van der Waals surface area contributed by atoms with Gasteiger partial charge in [0.15, 0.2) is 0 Å². The molecule has 0 amide bonds. The monoisotopic (exact) mass is 329 g/mol. The van der Waals surface area contributed by atoms with Crippen LogP contribution in [-0.2, 0) is 4.74 Å². The lowest BCUT2D eigenvalue weighted by atomic mass is 10.1. The Morgan fingerprint density at radius 2 is 1.92 bits per heavy atom. The second-order valence-corrected chi connectivity index (χ2v) is 5.83. The Bertz CT molecular complexity index is 980. The van der Waals surface area contributed by atoms with E-state index in [0.717, 1.165) is 28.5 Å². The van der Waals surface area contributed by atoms with Crippen molar-refractivity contribution < 1.29 is 9.53 Å². The number of para-hydroxylation sites is 1. The number of hydrogen-bond acceptors (Lipinski definition) is 3. The first-order valence-corrected chi connectivity index (χ1v) is 8.33. The zero-order chi connectivity index (χ0) is 17.6. The zero-order valence-electron chi connectivity index (χ0n) is 14.4. The summed E-state index contributed by atoms with van der Waals surface area (Å²) in [6, 6.07) is 17.4. The average molecular weight is 329 g/mol. The summed E-state index contributed by atoms with van der Waals surface area (Å²) < 4.78 is 5.29. The molecule has 0 saturated heterocycles. The first-order valence-electron chi connectivity index (χ1n) is 8.33. The van der Waals surface area contributed by atoms with Crippen LogP contribution < -0.4 is 0 Å². The predicted molar refractivity (Wildman–Crippen MR) is 99.5 cm³/mol. The third-order valence-electron chi connectivity index (χ3n) is 3.72. The van der Waals surface area contributed by atoms with Crippen LogP contribution in [0.1, 0.15) is 40.5 Å². The smallest absolute Gasteiger partial charge is 0.341 e. The molecule has 0 aliphatic carbocycles. The molecular formula is C22H19NO2. The minimum Gasteiger partial charge on any atom is -0.462 e. The zero-order valence-corrected chi connectivity index (χ0v) is 14.4. The van der Waals surface area contributed by atoms with E-state index < -0.39 is 0 Å². The van der Waals surface area contributed by atoms with E-state index in [1.807, 2.05) is 62.4 Å². The number of nitrogens with zero attached hydrogens (tertiary/aromatic N) is 1. The summed E-state index contributed by atoms with van der Waals surface area (Å²) in [5.74, 6) is 5.76. The Kier molecular flexibility index (Phi) is 5.11. The van der Waals surface area contributed by atoms with Crippen LogP contribution in [0.25, 0.3) is 10.9 Å². The summed E-state index contributed by atoms with van der Waals surface area (Å²) in [4.78, 5) is 17.0. The molecule has 3 heteroatoms. The van der Waals surface area contributed by atoms with E-state index in [-0.39, 0.29) is 5.97 Å². The highest BCUT2D eigenvalue weighted by molar-refractivity contribution is 5.96. The molecule has 0 saturated carbocycles. The topological polar surface area (TPSA) is 39.2 Å². The van der Waals surface area contributed by atoms with Gasteiger partial charge in [0.1, 0.15) is 5.69 Å². The summed E-state index contributed by atoms with van der Waals surface area (Å²) >= 11 is 0. The lowest BCUT2D eigenvalue weighted by Crippen LogP contribution is -2.09. The van der Waals surface area contributed by atoms with Crippen LogP contribution in [0.3, 0.4) is 0 Å². The van der Waals surface area contributed by atoms with Crippen LogP contribution >= 0.6 is 0 Å². The average Bonchev–Trinajstić information content (AvgIpc) is 2.63.